The van der Waals surface area contributed by atoms with E-state index in [9.17, 15) is 38.7 Å². The van der Waals surface area contributed by atoms with E-state index in [1.807, 2.05) is 23.8 Å². The quantitative estimate of drug-likeness (QED) is 0.0992. The molecule has 6 amide bonds. The summed E-state index contributed by atoms with van der Waals surface area (Å²) in [4.78, 5) is 97.8. The van der Waals surface area contributed by atoms with E-state index < -0.39 is 72.5 Å². The molecule has 1 saturated heterocycles. The van der Waals surface area contributed by atoms with Crippen LogP contribution in [-0.2, 0) is 30.4 Å². The monoisotopic (exact) mass is 943 g/mol. The largest absolute Gasteiger partial charge is 0.508 e. The number of Topliss-reactive ketones (excluding diaryl/α,β-unsaturated/α-hetero) is 1. The number of amides is 6. The minimum absolute atomic E-state index is 0.0159. The molecule has 0 aliphatic carbocycles. The zero-order valence-electron chi connectivity index (χ0n) is 38.0. The van der Waals surface area contributed by atoms with Crippen LogP contribution in [0.4, 0.5) is 21.5 Å². The van der Waals surface area contributed by atoms with Crippen molar-refractivity contribution in [1.82, 2.24) is 36.8 Å². The molecule has 0 spiro atoms. The van der Waals surface area contributed by atoms with Crippen LogP contribution in [0.1, 0.15) is 46.0 Å². The number of benzene rings is 3. The molecule has 0 saturated carbocycles. The second kappa shape index (κ2) is 22.2. The van der Waals surface area contributed by atoms with Gasteiger partial charge in [0.15, 0.2) is 17.3 Å². The fourth-order valence-corrected chi connectivity index (χ4v) is 8.41. The Morgan fingerprint density at radius 3 is 2.32 bits per heavy atom. The standard InChI is InChI=1S/C46H58FN11O10/c1-26-24-68-44-41-32(19-33(47)42(44)57-15-13-56(2)14-16-57)43(64)35(23-58(26)41)50-20-38(61)51-21-39(62)52-22-40(63)53-28-5-8-36-31(18-28)45(65)49-12-10-37(60)55-34(9-11-48)46(66)54-29(25-67-36)17-27-3-6-30(59)7-4-27/h3-8,18-19,26,29,34-35,50,59H,9-17,20-25,48H2,1-2H3,(H,49,65)(H,51,61)(H,52,62)(H,53,63)(H,54,66)(H,55,60)/t26?,29-,34+,35?/m1/s1. The van der Waals surface area contributed by atoms with Crippen LogP contribution in [-0.4, -0.2) is 161 Å². The molecule has 0 bridgehead atoms. The first kappa shape index (κ1) is 48.9. The van der Waals surface area contributed by atoms with Crippen LogP contribution in [0.15, 0.2) is 48.5 Å². The lowest BCUT2D eigenvalue weighted by Crippen LogP contribution is -2.57. The summed E-state index contributed by atoms with van der Waals surface area (Å²) >= 11 is 0. The Morgan fingerprint density at radius 2 is 1.59 bits per heavy atom. The van der Waals surface area contributed by atoms with Gasteiger partial charge < -0.3 is 66.9 Å². The van der Waals surface area contributed by atoms with Crippen LogP contribution in [0.25, 0.3) is 0 Å². The van der Waals surface area contributed by atoms with Crippen molar-refractivity contribution in [3.8, 4) is 17.2 Å². The van der Waals surface area contributed by atoms with Crippen LogP contribution >= 0.6 is 0 Å². The van der Waals surface area contributed by atoms with E-state index in [0.29, 0.717) is 30.2 Å². The summed E-state index contributed by atoms with van der Waals surface area (Å²) in [5.74, 6) is -3.87. The normalized spacial score (nSPS) is 21.1. The Bertz CT molecular complexity index is 2400. The highest BCUT2D eigenvalue weighted by Crippen LogP contribution is 2.48. The highest BCUT2D eigenvalue weighted by Gasteiger charge is 2.42. The molecule has 21 nitrogen and oxygen atoms in total. The number of anilines is 3. The molecule has 3 aromatic carbocycles. The fraction of sp³-hybridized carbons (Fsp3) is 0.457. The van der Waals surface area contributed by atoms with Gasteiger partial charge in [0.1, 0.15) is 36.4 Å². The number of fused-ring (bicyclic) bond motifs is 1. The number of nitrogens with two attached hydrogens (primary N) is 1. The fourth-order valence-electron chi connectivity index (χ4n) is 8.41. The van der Waals surface area contributed by atoms with Crippen molar-refractivity contribution in [3.63, 3.8) is 0 Å². The highest BCUT2D eigenvalue weighted by molar-refractivity contribution is 6.10. The zero-order chi connectivity index (χ0) is 48.5. The third kappa shape index (κ3) is 12.1. The molecular formula is C46H58FN11O10. The van der Waals surface area contributed by atoms with E-state index in [-0.39, 0.29) is 98.8 Å². The Balaban J connectivity index is 0.914. The molecule has 4 aliphatic heterocycles. The molecule has 10 N–H and O–H groups in total. The number of phenols is 1. The molecule has 4 heterocycles. The molecule has 2 unspecified atom stereocenters. The summed E-state index contributed by atoms with van der Waals surface area (Å²) in [5.41, 5.74) is 7.76. The number of halogens is 1. The summed E-state index contributed by atoms with van der Waals surface area (Å²) in [6.45, 7) is 3.86. The molecule has 68 heavy (non-hydrogen) atoms. The molecule has 3 aromatic rings. The van der Waals surface area contributed by atoms with Gasteiger partial charge in [0.05, 0.1) is 49.0 Å². The van der Waals surface area contributed by atoms with Gasteiger partial charge in [0.2, 0.25) is 29.5 Å². The van der Waals surface area contributed by atoms with Crippen molar-refractivity contribution in [2.75, 3.05) is 101 Å². The van der Waals surface area contributed by atoms with Crippen LogP contribution in [0, 0.1) is 5.82 Å². The smallest absolute Gasteiger partial charge is 0.255 e. The number of carbonyl (C=O) groups is 7. The van der Waals surface area contributed by atoms with E-state index in [4.69, 9.17) is 15.2 Å². The van der Waals surface area contributed by atoms with Gasteiger partial charge in [-0.3, -0.25) is 38.9 Å². The molecule has 22 heteroatoms. The van der Waals surface area contributed by atoms with Crippen molar-refractivity contribution < 1.29 is 52.5 Å². The van der Waals surface area contributed by atoms with Gasteiger partial charge in [-0.1, -0.05) is 12.1 Å². The Hall–Kier alpha value is -7.04. The lowest BCUT2D eigenvalue weighted by molar-refractivity contribution is -0.129. The number of carbonyl (C=O) groups excluding carboxylic acids is 7. The number of likely N-dealkylation sites (N-methyl/N-ethyl adjacent to an activating group) is 1. The third-order valence-electron chi connectivity index (χ3n) is 12.1. The number of aromatic hydroxyl groups is 1. The summed E-state index contributed by atoms with van der Waals surface area (Å²) in [5, 5.41) is 28.5. The number of phenolic OH excluding ortho intramolecular Hbond substituents is 1. The highest BCUT2D eigenvalue weighted by atomic mass is 19.1. The lowest BCUT2D eigenvalue weighted by Gasteiger charge is -2.45. The van der Waals surface area contributed by atoms with Gasteiger partial charge in [-0.2, -0.15) is 0 Å². The minimum atomic E-state index is -0.923. The lowest BCUT2D eigenvalue weighted by atomic mass is 9.92. The maximum absolute atomic E-state index is 15.7. The molecule has 0 aromatic heterocycles. The number of nitrogens with zero attached hydrogens (tertiary/aromatic N) is 3. The van der Waals surface area contributed by atoms with Crippen LogP contribution in [0.2, 0.25) is 0 Å². The number of hydrogen-bond donors (Lipinski definition) is 9. The molecule has 4 aliphatic rings. The Labute approximate surface area is 392 Å². The number of ether oxygens (including phenoxy) is 2. The van der Waals surface area contributed by atoms with Crippen LogP contribution in [0.3, 0.4) is 0 Å². The van der Waals surface area contributed by atoms with E-state index >= 15 is 4.39 Å². The predicted molar refractivity (Wildman–Crippen MR) is 247 cm³/mol. The Kier molecular flexibility index (Phi) is 15.9. The number of piperazine rings is 1. The van der Waals surface area contributed by atoms with Crippen molar-refractivity contribution >= 4 is 58.3 Å². The maximum Gasteiger partial charge on any atom is 0.255 e. The minimum Gasteiger partial charge on any atom is -0.508 e. The van der Waals surface area contributed by atoms with Gasteiger partial charge in [-0.15, -0.1) is 0 Å². The number of ketones is 1. The second-order valence-electron chi connectivity index (χ2n) is 17.2. The molecule has 7 rings (SSSR count). The summed E-state index contributed by atoms with van der Waals surface area (Å²) in [6, 6.07) is 9.41. The number of hydrogen-bond acceptors (Lipinski definition) is 15. The first-order valence-corrected chi connectivity index (χ1v) is 22.6. The average molecular weight is 944 g/mol. The number of rotatable bonds is 13. The first-order chi connectivity index (χ1) is 32.7. The third-order valence-corrected chi connectivity index (χ3v) is 12.1. The SMILES string of the molecule is CC1COc2c(N3CCN(C)CC3)c(F)cc3c2N1CC(NCC(=O)NCC(=O)NCC(=O)Nc1ccc2c(c1)C(=O)NCCC(=O)N[C@@H](CCN)C(=O)N[C@H](Cc1ccc(O)cc1)CO2)C3=O. The number of nitrogens with one attached hydrogen (secondary N) is 7. The first-order valence-electron chi connectivity index (χ1n) is 22.6. The maximum atomic E-state index is 15.7. The summed E-state index contributed by atoms with van der Waals surface area (Å²) in [6.07, 6.45) is 0.296. The van der Waals surface area contributed by atoms with Crippen molar-refractivity contribution in [2.45, 2.75) is 50.4 Å². The van der Waals surface area contributed by atoms with Crippen LogP contribution < -0.4 is 62.2 Å². The molecule has 364 valence electrons. The van der Waals surface area contributed by atoms with E-state index in [2.05, 4.69) is 42.1 Å². The van der Waals surface area contributed by atoms with Crippen molar-refractivity contribution in [3.05, 3.63) is 71.0 Å². The summed E-state index contributed by atoms with van der Waals surface area (Å²) < 4.78 is 27.9. The molecule has 1 fully saturated rings. The van der Waals surface area contributed by atoms with Crippen molar-refractivity contribution in [1.29, 1.82) is 0 Å². The van der Waals surface area contributed by atoms with Gasteiger partial charge >= 0.3 is 0 Å². The van der Waals surface area contributed by atoms with Gasteiger partial charge in [-0.05, 0) is 75.3 Å². The summed E-state index contributed by atoms with van der Waals surface area (Å²) in [7, 11) is 2.01. The van der Waals surface area contributed by atoms with Crippen molar-refractivity contribution in [2.24, 2.45) is 5.73 Å². The Morgan fingerprint density at radius 1 is 0.868 bits per heavy atom. The predicted octanol–water partition coefficient (Wildman–Crippen LogP) is -1.03. The average Bonchev–Trinajstić information content (AvgIpc) is 3.31. The van der Waals surface area contributed by atoms with E-state index in [1.54, 1.807) is 12.1 Å². The molecule has 0 radical (unpaired) electrons. The van der Waals surface area contributed by atoms with Gasteiger partial charge in [0, 0.05) is 56.9 Å². The zero-order valence-corrected chi connectivity index (χ0v) is 38.0. The molecular weight excluding hydrogens is 886 g/mol. The van der Waals surface area contributed by atoms with Crippen LogP contribution in [0.5, 0.6) is 17.2 Å². The van der Waals surface area contributed by atoms with E-state index in [1.165, 1.54) is 36.4 Å². The molecule has 4 atom stereocenters. The van der Waals surface area contributed by atoms with Gasteiger partial charge in [0.25, 0.3) is 5.91 Å². The second-order valence-corrected chi connectivity index (χ2v) is 17.2. The van der Waals surface area contributed by atoms with Gasteiger partial charge in [-0.25, -0.2) is 4.39 Å². The van der Waals surface area contributed by atoms with E-state index in [0.717, 1.165) is 18.7 Å². The topological polar surface area (TPSA) is 278 Å².